The number of fused-ring (bicyclic) bond motifs is 1. The van der Waals surface area contributed by atoms with Gasteiger partial charge in [0.2, 0.25) is 0 Å². The standard InChI is InChI=1S/C12H10N2O2S/c15-12(16)11-9-7-8(3-1-2-6-17)4-5-10(9)13-14-11/h4-5,7,17H,2,6H2,(H,13,14)(H,15,16). The fourth-order valence-corrected chi connectivity index (χ4v) is 1.59. The zero-order chi connectivity index (χ0) is 12.3. The van der Waals surface area contributed by atoms with Gasteiger partial charge < -0.3 is 5.11 Å². The molecule has 0 spiro atoms. The summed E-state index contributed by atoms with van der Waals surface area (Å²) in [5, 5.41) is 15.9. The van der Waals surface area contributed by atoms with Gasteiger partial charge in [0.1, 0.15) is 0 Å². The van der Waals surface area contributed by atoms with Crippen molar-refractivity contribution in [3.63, 3.8) is 0 Å². The molecule has 0 aliphatic rings. The van der Waals surface area contributed by atoms with Crippen molar-refractivity contribution in [2.24, 2.45) is 0 Å². The fourth-order valence-electron chi connectivity index (χ4n) is 1.48. The number of aromatic amines is 1. The van der Waals surface area contributed by atoms with E-state index in [1.54, 1.807) is 12.1 Å². The van der Waals surface area contributed by atoms with Crippen LogP contribution in [0.5, 0.6) is 0 Å². The molecule has 0 unspecified atom stereocenters. The van der Waals surface area contributed by atoms with Crippen LogP contribution in [-0.4, -0.2) is 27.0 Å². The molecule has 2 rings (SSSR count). The molecular weight excluding hydrogens is 236 g/mol. The molecule has 0 atom stereocenters. The molecule has 0 fully saturated rings. The second kappa shape index (κ2) is 4.93. The van der Waals surface area contributed by atoms with Gasteiger partial charge in [0.25, 0.3) is 0 Å². The highest BCUT2D eigenvalue weighted by Crippen LogP contribution is 2.17. The van der Waals surface area contributed by atoms with E-state index in [-0.39, 0.29) is 5.69 Å². The van der Waals surface area contributed by atoms with Crippen LogP contribution in [0.4, 0.5) is 0 Å². The Hall–Kier alpha value is -1.93. The van der Waals surface area contributed by atoms with Crippen molar-refractivity contribution in [1.29, 1.82) is 0 Å². The molecule has 1 aromatic heterocycles. The van der Waals surface area contributed by atoms with E-state index in [9.17, 15) is 4.79 Å². The summed E-state index contributed by atoms with van der Waals surface area (Å²) in [7, 11) is 0. The van der Waals surface area contributed by atoms with E-state index >= 15 is 0 Å². The summed E-state index contributed by atoms with van der Waals surface area (Å²) < 4.78 is 0. The van der Waals surface area contributed by atoms with Crippen LogP contribution in [0.25, 0.3) is 10.9 Å². The molecule has 0 radical (unpaired) electrons. The van der Waals surface area contributed by atoms with Crippen molar-refractivity contribution in [2.45, 2.75) is 6.42 Å². The SMILES string of the molecule is O=C(O)c1n[nH]c2ccc(C#CCCS)cc12. The number of carbonyl (C=O) groups is 1. The average molecular weight is 246 g/mol. The van der Waals surface area contributed by atoms with Crippen LogP contribution in [0, 0.1) is 11.8 Å². The van der Waals surface area contributed by atoms with Gasteiger partial charge in [0, 0.05) is 23.1 Å². The molecule has 1 heterocycles. The Morgan fingerprint density at radius 1 is 1.53 bits per heavy atom. The second-order valence-corrected chi connectivity index (χ2v) is 3.86. The van der Waals surface area contributed by atoms with Gasteiger partial charge >= 0.3 is 5.97 Å². The van der Waals surface area contributed by atoms with Crippen LogP contribution >= 0.6 is 12.6 Å². The molecular formula is C12H10N2O2S. The normalized spacial score (nSPS) is 9.94. The summed E-state index contributed by atoms with van der Waals surface area (Å²) in [5.41, 5.74) is 1.50. The number of H-pyrrole nitrogens is 1. The van der Waals surface area contributed by atoms with E-state index in [2.05, 4.69) is 34.7 Å². The van der Waals surface area contributed by atoms with E-state index < -0.39 is 5.97 Å². The third kappa shape index (κ3) is 2.43. The maximum absolute atomic E-state index is 10.9. The number of thiol groups is 1. The first kappa shape index (κ1) is 11.6. The van der Waals surface area contributed by atoms with Gasteiger partial charge in [0.15, 0.2) is 5.69 Å². The summed E-state index contributed by atoms with van der Waals surface area (Å²) in [5.74, 6) is 5.58. The number of benzene rings is 1. The van der Waals surface area contributed by atoms with Gasteiger partial charge in [-0.25, -0.2) is 4.79 Å². The lowest BCUT2D eigenvalue weighted by molar-refractivity contribution is 0.0692. The first-order valence-corrected chi connectivity index (χ1v) is 5.67. The van der Waals surface area contributed by atoms with Crippen molar-refractivity contribution in [3.05, 3.63) is 29.5 Å². The lowest BCUT2D eigenvalue weighted by Crippen LogP contribution is -1.96. The molecule has 0 aliphatic carbocycles. The molecule has 5 heteroatoms. The lowest BCUT2D eigenvalue weighted by Gasteiger charge is -1.92. The number of rotatable bonds is 2. The number of carboxylic acid groups (broad SMARTS) is 1. The van der Waals surface area contributed by atoms with Crippen LogP contribution in [0.2, 0.25) is 0 Å². The number of nitrogens with zero attached hydrogens (tertiary/aromatic N) is 1. The lowest BCUT2D eigenvalue weighted by atomic mass is 10.1. The Bertz CT molecular complexity index is 622. The average Bonchev–Trinajstić information content (AvgIpc) is 2.72. The number of aromatic nitrogens is 2. The van der Waals surface area contributed by atoms with Crippen LogP contribution in [0.15, 0.2) is 18.2 Å². The van der Waals surface area contributed by atoms with Gasteiger partial charge in [-0.2, -0.15) is 17.7 Å². The van der Waals surface area contributed by atoms with Gasteiger partial charge in [-0.1, -0.05) is 11.8 Å². The highest BCUT2D eigenvalue weighted by molar-refractivity contribution is 7.80. The predicted octanol–water partition coefficient (Wildman–Crippen LogP) is 1.93. The maximum atomic E-state index is 10.9. The number of carboxylic acids is 1. The van der Waals surface area contributed by atoms with E-state index in [4.69, 9.17) is 5.11 Å². The molecule has 2 N–H and O–H groups in total. The highest BCUT2D eigenvalue weighted by Gasteiger charge is 2.12. The molecule has 2 aromatic rings. The van der Waals surface area contributed by atoms with Crippen molar-refractivity contribution in [3.8, 4) is 11.8 Å². The number of hydrogen-bond acceptors (Lipinski definition) is 3. The van der Waals surface area contributed by atoms with Gasteiger partial charge in [-0.15, -0.1) is 0 Å². The summed E-state index contributed by atoms with van der Waals surface area (Å²) >= 11 is 4.06. The zero-order valence-corrected chi connectivity index (χ0v) is 9.79. The molecule has 17 heavy (non-hydrogen) atoms. The Morgan fingerprint density at radius 3 is 3.06 bits per heavy atom. The summed E-state index contributed by atoms with van der Waals surface area (Å²) in [4.78, 5) is 10.9. The topological polar surface area (TPSA) is 66.0 Å². The van der Waals surface area contributed by atoms with Crippen molar-refractivity contribution < 1.29 is 9.90 Å². The minimum Gasteiger partial charge on any atom is -0.476 e. The minimum absolute atomic E-state index is 0.0258. The quantitative estimate of drug-likeness (QED) is 0.560. The Morgan fingerprint density at radius 2 is 2.35 bits per heavy atom. The van der Waals surface area contributed by atoms with Crippen LogP contribution in [-0.2, 0) is 0 Å². The number of hydrogen-bond donors (Lipinski definition) is 3. The smallest absolute Gasteiger partial charge is 0.357 e. The number of nitrogens with one attached hydrogen (secondary N) is 1. The maximum Gasteiger partial charge on any atom is 0.357 e. The van der Waals surface area contributed by atoms with E-state index in [0.29, 0.717) is 23.1 Å². The van der Waals surface area contributed by atoms with E-state index in [1.807, 2.05) is 6.07 Å². The van der Waals surface area contributed by atoms with Crippen molar-refractivity contribution >= 4 is 29.5 Å². The Kier molecular flexibility index (Phi) is 3.35. The van der Waals surface area contributed by atoms with Gasteiger partial charge in [-0.05, 0) is 18.2 Å². The third-order valence-corrected chi connectivity index (χ3v) is 2.46. The van der Waals surface area contributed by atoms with Crippen LogP contribution < -0.4 is 0 Å². The first-order chi connectivity index (χ1) is 8.22. The van der Waals surface area contributed by atoms with Gasteiger partial charge in [0.05, 0.1) is 5.52 Å². The van der Waals surface area contributed by atoms with Crippen LogP contribution in [0.3, 0.4) is 0 Å². The van der Waals surface area contributed by atoms with E-state index in [1.165, 1.54) is 0 Å². The monoisotopic (exact) mass is 246 g/mol. The molecule has 86 valence electrons. The number of aromatic carboxylic acids is 1. The molecule has 0 amide bonds. The van der Waals surface area contributed by atoms with E-state index in [0.717, 1.165) is 5.56 Å². The Labute approximate surface area is 103 Å². The fraction of sp³-hybridized carbons (Fsp3) is 0.167. The molecule has 0 saturated carbocycles. The van der Waals surface area contributed by atoms with Crippen LogP contribution in [0.1, 0.15) is 22.5 Å². The van der Waals surface area contributed by atoms with Crippen molar-refractivity contribution in [1.82, 2.24) is 10.2 Å². The molecule has 4 nitrogen and oxygen atoms in total. The third-order valence-electron chi connectivity index (χ3n) is 2.23. The molecule has 0 bridgehead atoms. The van der Waals surface area contributed by atoms with Crippen molar-refractivity contribution in [2.75, 3.05) is 5.75 Å². The molecule has 0 aliphatic heterocycles. The zero-order valence-electron chi connectivity index (χ0n) is 8.90. The predicted molar refractivity (Wildman–Crippen MR) is 68.4 cm³/mol. The second-order valence-electron chi connectivity index (χ2n) is 3.41. The molecule has 1 aromatic carbocycles. The summed E-state index contributed by atoms with van der Waals surface area (Å²) in [6, 6.07) is 5.34. The Balaban J connectivity index is 2.45. The minimum atomic E-state index is -1.04. The summed E-state index contributed by atoms with van der Waals surface area (Å²) in [6.45, 7) is 0. The van der Waals surface area contributed by atoms with Gasteiger partial charge in [-0.3, -0.25) is 5.10 Å². The first-order valence-electron chi connectivity index (χ1n) is 5.03. The highest BCUT2D eigenvalue weighted by atomic mass is 32.1. The molecule has 0 saturated heterocycles. The summed E-state index contributed by atoms with van der Waals surface area (Å²) in [6.07, 6.45) is 0.707. The largest absolute Gasteiger partial charge is 0.476 e.